The van der Waals surface area contributed by atoms with E-state index in [9.17, 15) is 14.4 Å². The third-order valence-electron chi connectivity index (χ3n) is 4.33. The number of rotatable bonds is 4. The Morgan fingerprint density at radius 1 is 1.20 bits per heavy atom. The van der Waals surface area contributed by atoms with Gasteiger partial charge in [-0.3, -0.25) is 9.59 Å². The molecule has 25 heavy (non-hydrogen) atoms. The lowest BCUT2D eigenvalue weighted by Crippen LogP contribution is -2.35. The molecule has 1 saturated carbocycles. The van der Waals surface area contributed by atoms with Crippen LogP contribution in [0, 0.1) is 6.92 Å². The number of nitrogens with one attached hydrogen (secondary N) is 2. The van der Waals surface area contributed by atoms with E-state index in [0.29, 0.717) is 23.3 Å². The van der Waals surface area contributed by atoms with Crippen LogP contribution in [-0.4, -0.2) is 34.9 Å². The van der Waals surface area contributed by atoms with E-state index in [1.54, 1.807) is 19.1 Å². The van der Waals surface area contributed by atoms with Crippen LogP contribution in [-0.2, 0) is 11.3 Å². The van der Waals surface area contributed by atoms with E-state index < -0.39 is 5.97 Å². The van der Waals surface area contributed by atoms with Crippen LogP contribution >= 0.6 is 0 Å². The summed E-state index contributed by atoms with van der Waals surface area (Å²) in [5, 5.41) is 5.64. The minimum Gasteiger partial charge on any atom is -0.457 e. The molecule has 8 nitrogen and oxygen atoms in total. The van der Waals surface area contributed by atoms with Crippen molar-refractivity contribution in [1.29, 1.82) is 0 Å². The maximum absolute atomic E-state index is 12.3. The number of hydrogen-bond donors (Lipinski definition) is 2. The number of carbonyl (C=O) groups excluding carboxylic acids is 3. The highest BCUT2D eigenvalue weighted by Crippen LogP contribution is 2.24. The number of cyclic esters (lactones) is 1. The van der Waals surface area contributed by atoms with Crippen molar-refractivity contribution in [2.24, 2.45) is 0 Å². The molecule has 2 aromatic rings. The molecule has 1 aromatic carbocycles. The summed E-state index contributed by atoms with van der Waals surface area (Å²) in [5.74, 6) is -0.580. The predicted molar refractivity (Wildman–Crippen MR) is 83.9 cm³/mol. The molecule has 0 unspecified atom stereocenters. The van der Waals surface area contributed by atoms with Crippen molar-refractivity contribution in [3.8, 4) is 0 Å². The Morgan fingerprint density at radius 2 is 1.96 bits per heavy atom. The van der Waals surface area contributed by atoms with Crippen LogP contribution in [0.2, 0.25) is 0 Å². The molecule has 1 aliphatic carbocycles. The van der Waals surface area contributed by atoms with Gasteiger partial charge in [-0.15, -0.1) is 0 Å². The molecule has 1 fully saturated rings. The van der Waals surface area contributed by atoms with Gasteiger partial charge in [0.15, 0.2) is 12.1 Å². The third kappa shape index (κ3) is 2.86. The number of esters is 1. The summed E-state index contributed by atoms with van der Waals surface area (Å²) in [6.45, 7) is 1.90. The number of hydrogen-bond acceptors (Lipinski definition) is 6. The standard InChI is InChI=1S/C17H15N3O5/c1-8-14(18-7-25-8)16(22)20-13-5-12(13)19-15(21)9-2-3-10-6-24-17(23)11(10)4-9/h2-4,7,12-13H,5-6H2,1H3,(H,19,21)(H,20,22)/t12-,13-/m1/s1. The first-order valence-corrected chi connectivity index (χ1v) is 7.85. The zero-order valence-electron chi connectivity index (χ0n) is 13.4. The molecule has 4 rings (SSSR count). The number of fused-ring (bicyclic) bond motifs is 1. The summed E-state index contributed by atoms with van der Waals surface area (Å²) in [5.41, 5.74) is 1.84. The lowest BCUT2D eigenvalue weighted by Gasteiger charge is -2.06. The largest absolute Gasteiger partial charge is 0.457 e. The fraction of sp³-hybridized carbons (Fsp3) is 0.294. The Labute approximate surface area is 142 Å². The lowest BCUT2D eigenvalue weighted by molar-refractivity contribution is 0.0535. The van der Waals surface area contributed by atoms with E-state index in [-0.39, 0.29) is 36.2 Å². The fourth-order valence-corrected chi connectivity index (χ4v) is 2.78. The molecule has 0 bridgehead atoms. The Hall–Kier alpha value is -3.16. The van der Waals surface area contributed by atoms with Crippen LogP contribution in [0.25, 0.3) is 0 Å². The Kier molecular flexibility index (Phi) is 3.52. The molecule has 2 atom stereocenters. The number of oxazole rings is 1. The third-order valence-corrected chi connectivity index (χ3v) is 4.33. The summed E-state index contributed by atoms with van der Waals surface area (Å²) in [6, 6.07) is 4.62. The van der Waals surface area contributed by atoms with Crippen molar-refractivity contribution in [2.45, 2.75) is 32.0 Å². The van der Waals surface area contributed by atoms with Crippen molar-refractivity contribution >= 4 is 17.8 Å². The molecule has 0 spiro atoms. The van der Waals surface area contributed by atoms with Crippen molar-refractivity contribution in [3.05, 3.63) is 52.7 Å². The Balaban J connectivity index is 1.36. The first-order valence-electron chi connectivity index (χ1n) is 7.85. The smallest absolute Gasteiger partial charge is 0.338 e. The lowest BCUT2D eigenvalue weighted by atomic mass is 10.1. The number of benzene rings is 1. The average Bonchev–Trinajstić information content (AvgIpc) is 2.99. The number of aromatic nitrogens is 1. The molecular formula is C17H15N3O5. The summed E-state index contributed by atoms with van der Waals surface area (Å²) < 4.78 is 9.93. The molecule has 2 amide bonds. The number of amides is 2. The van der Waals surface area contributed by atoms with Gasteiger partial charge in [0.2, 0.25) is 0 Å². The number of ether oxygens (including phenoxy) is 1. The quantitative estimate of drug-likeness (QED) is 0.801. The van der Waals surface area contributed by atoms with E-state index in [4.69, 9.17) is 9.15 Å². The van der Waals surface area contributed by atoms with Crippen molar-refractivity contribution in [1.82, 2.24) is 15.6 Å². The molecule has 128 valence electrons. The van der Waals surface area contributed by atoms with Gasteiger partial charge in [-0.25, -0.2) is 9.78 Å². The summed E-state index contributed by atoms with van der Waals surface area (Å²) in [4.78, 5) is 39.8. The molecule has 2 N–H and O–H groups in total. The maximum Gasteiger partial charge on any atom is 0.338 e. The van der Waals surface area contributed by atoms with Crippen LogP contribution in [0.15, 0.2) is 29.0 Å². The van der Waals surface area contributed by atoms with E-state index in [2.05, 4.69) is 15.6 Å². The second kappa shape index (κ2) is 5.73. The van der Waals surface area contributed by atoms with Gasteiger partial charge in [-0.2, -0.15) is 0 Å². The molecule has 2 heterocycles. The zero-order chi connectivity index (χ0) is 17.6. The van der Waals surface area contributed by atoms with Gasteiger partial charge >= 0.3 is 5.97 Å². The fourth-order valence-electron chi connectivity index (χ4n) is 2.78. The maximum atomic E-state index is 12.3. The van der Waals surface area contributed by atoms with E-state index >= 15 is 0 Å². The van der Waals surface area contributed by atoms with Crippen LogP contribution in [0.3, 0.4) is 0 Å². The van der Waals surface area contributed by atoms with Crippen LogP contribution < -0.4 is 10.6 Å². The number of carbonyl (C=O) groups is 3. The highest BCUT2D eigenvalue weighted by molar-refractivity contribution is 6.00. The van der Waals surface area contributed by atoms with Crippen LogP contribution in [0.5, 0.6) is 0 Å². The first-order chi connectivity index (χ1) is 12.0. The van der Waals surface area contributed by atoms with Crippen LogP contribution in [0.1, 0.15) is 48.9 Å². The van der Waals surface area contributed by atoms with Crippen molar-refractivity contribution in [3.63, 3.8) is 0 Å². The summed E-state index contributed by atoms with van der Waals surface area (Å²) >= 11 is 0. The minimum atomic E-state index is -0.413. The molecule has 8 heteroatoms. The molecule has 1 aliphatic heterocycles. The van der Waals surface area contributed by atoms with Gasteiger partial charge in [0, 0.05) is 11.1 Å². The van der Waals surface area contributed by atoms with E-state index in [1.807, 2.05) is 0 Å². The number of aryl methyl sites for hydroxylation is 1. The normalized spacial score (nSPS) is 20.6. The van der Waals surface area contributed by atoms with Gasteiger partial charge < -0.3 is 19.8 Å². The highest BCUT2D eigenvalue weighted by atomic mass is 16.5. The molecule has 2 aliphatic rings. The van der Waals surface area contributed by atoms with Gasteiger partial charge in [0.1, 0.15) is 12.4 Å². The number of nitrogens with zero attached hydrogens (tertiary/aromatic N) is 1. The minimum absolute atomic E-state index is 0.146. The molecule has 0 radical (unpaired) electrons. The van der Waals surface area contributed by atoms with Gasteiger partial charge in [0.25, 0.3) is 11.8 Å². The topological polar surface area (TPSA) is 111 Å². The Bertz CT molecular complexity index is 888. The van der Waals surface area contributed by atoms with Crippen LogP contribution in [0.4, 0.5) is 0 Å². The van der Waals surface area contributed by atoms with E-state index in [1.165, 1.54) is 12.5 Å². The molecule has 1 aromatic heterocycles. The average molecular weight is 341 g/mol. The van der Waals surface area contributed by atoms with E-state index in [0.717, 1.165) is 5.56 Å². The summed E-state index contributed by atoms with van der Waals surface area (Å²) in [6.07, 6.45) is 1.86. The molecular weight excluding hydrogens is 326 g/mol. The highest BCUT2D eigenvalue weighted by Gasteiger charge is 2.40. The molecule has 0 saturated heterocycles. The summed E-state index contributed by atoms with van der Waals surface area (Å²) in [7, 11) is 0. The van der Waals surface area contributed by atoms with Gasteiger partial charge in [-0.05, 0) is 25.5 Å². The Morgan fingerprint density at radius 3 is 2.68 bits per heavy atom. The van der Waals surface area contributed by atoms with Crippen molar-refractivity contribution < 1.29 is 23.5 Å². The second-order valence-electron chi connectivity index (χ2n) is 6.10. The second-order valence-corrected chi connectivity index (χ2v) is 6.10. The van der Waals surface area contributed by atoms with Crippen molar-refractivity contribution in [2.75, 3.05) is 0 Å². The monoisotopic (exact) mass is 341 g/mol. The van der Waals surface area contributed by atoms with Gasteiger partial charge in [-0.1, -0.05) is 6.07 Å². The SMILES string of the molecule is Cc1ocnc1C(=O)N[C@@H]1C[C@H]1NC(=O)c1ccc2c(c1)C(=O)OC2. The van der Waals surface area contributed by atoms with Gasteiger partial charge in [0.05, 0.1) is 17.6 Å². The predicted octanol–water partition coefficient (Wildman–Crippen LogP) is 0.954. The zero-order valence-corrected chi connectivity index (χ0v) is 13.4. The first kappa shape index (κ1) is 15.4.